The van der Waals surface area contributed by atoms with Crippen LogP contribution < -0.4 is 9.47 Å². The molecule has 2 bridgehead atoms. The molecule has 6 rings (SSSR count). The zero-order valence-corrected chi connectivity index (χ0v) is 22.3. The molecule has 3 fully saturated rings. The highest BCUT2D eigenvalue weighted by atomic mass is 16.5. The first kappa shape index (κ1) is 28.4. The summed E-state index contributed by atoms with van der Waals surface area (Å²) in [6.45, 7) is 5.89. The van der Waals surface area contributed by atoms with E-state index in [0.29, 0.717) is 17.6 Å². The summed E-state index contributed by atoms with van der Waals surface area (Å²) in [6, 6.07) is 12.7. The van der Waals surface area contributed by atoms with Gasteiger partial charge in [0.2, 0.25) is 0 Å². The average Bonchev–Trinajstić information content (AvgIpc) is 2.97. The SMILES string of the molecule is C=C[C@H]1CN2CC[C@H]1C[C@H]2[C@H](O)c1ccnc2ccc(OC)cc12.COc1cc(COCC(=O)O)ccc1O. The topological polar surface area (TPSA) is 122 Å². The number of aliphatic hydroxyl groups is 1. The molecule has 9 nitrogen and oxygen atoms in total. The molecule has 1 aromatic heterocycles. The molecule has 0 spiro atoms. The van der Waals surface area contributed by atoms with E-state index in [1.807, 2.05) is 24.3 Å². The second-order valence-electron chi connectivity index (χ2n) is 9.87. The van der Waals surface area contributed by atoms with E-state index in [0.717, 1.165) is 47.3 Å². The van der Waals surface area contributed by atoms with Crippen molar-refractivity contribution < 1.29 is 34.3 Å². The standard InChI is InChI=1S/C20H24N2O2.C10H12O5/c1-3-13-12-22-9-7-14(13)10-19(22)20(23)16-6-8-21-18-5-4-15(24-2)11-17(16)18;1-14-9-4-7(2-3-8(9)11)5-15-6-10(12)13/h3-6,8,11,13-14,19-20,23H,1,7,9-10,12H2,2H3;2-4,11H,5-6H2,1H3,(H,12,13)/t13-,14-,19-,20+;/m0./s1. The lowest BCUT2D eigenvalue weighted by molar-refractivity contribution is -0.142. The Labute approximate surface area is 228 Å². The van der Waals surface area contributed by atoms with Crippen molar-refractivity contribution in [2.45, 2.75) is 31.6 Å². The van der Waals surface area contributed by atoms with E-state index in [-0.39, 0.29) is 25.0 Å². The first-order valence-corrected chi connectivity index (χ1v) is 13.0. The lowest BCUT2D eigenvalue weighted by atomic mass is 9.73. The zero-order valence-electron chi connectivity index (χ0n) is 22.3. The van der Waals surface area contributed by atoms with Gasteiger partial charge in [0.05, 0.1) is 32.4 Å². The third-order valence-electron chi connectivity index (χ3n) is 7.56. The smallest absolute Gasteiger partial charge is 0.329 e. The number of phenols is 1. The van der Waals surface area contributed by atoms with Crippen LogP contribution in [0.15, 0.2) is 61.3 Å². The number of fused-ring (bicyclic) bond motifs is 4. The first-order chi connectivity index (χ1) is 18.8. The molecular formula is C30H36N2O7. The number of nitrogens with zero attached hydrogens (tertiary/aromatic N) is 2. The van der Waals surface area contributed by atoms with Crippen molar-refractivity contribution in [2.24, 2.45) is 11.8 Å². The minimum Gasteiger partial charge on any atom is -0.504 e. The molecule has 0 aliphatic carbocycles. The molecule has 4 heterocycles. The number of carboxylic acid groups (broad SMARTS) is 1. The molecule has 3 aliphatic rings. The highest BCUT2D eigenvalue weighted by Crippen LogP contribution is 2.42. The van der Waals surface area contributed by atoms with Gasteiger partial charge in [0.25, 0.3) is 0 Å². The van der Waals surface area contributed by atoms with Gasteiger partial charge < -0.3 is 29.5 Å². The van der Waals surface area contributed by atoms with E-state index in [2.05, 4.69) is 22.5 Å². The molecule has 0 saturated carbocycles. The Morgan fingerprint density at radius 3 is 2.69 bits per heavy atom. The van der Waals surface area contributed by atoms with Gasteiger partial charge in [-0.05, 0) is 78.7 Å². The Morgan fingerprint density at radius 1 is 1.21 bits per heavy atom. The largest absolute Gasteiger partial charge is 0.504 e. The van der Waals surface area contributed by atoms with Crippen LogP contribution in [0.25, 0.3) is 10.9 Å². The van der Waals surface area contributed by atoms with E-state index in [4.69, 9.17) is 19.3 Å². The Hall–Kier alpha value is -3.66. The number of rotatable bonds is 9. The van der Waals surface area contributed by atoms with Crippen molar-refractivity contribution in [1.82, 2.24) is 9.88 Å². The summed E-state index contributed by atoms with van der Waals surface area (Å²) in [5.74, 6) is 1.37. The summed E-state index contributed by atoms with van der Waals surface area (Å²) in [6.07, 6.45) is 5.62. The summed E-state index contributed by atoms with van der Waals surface area (Å²) in [5, 5.41) is 29.8. The molecule has 3 aliphatic heterocycles. The van der Waals surface area contributed by atoms with Crippen molar-refractivity contribution in [3.8, 4) is 17.2 Å². The fourth-order valence-electron chi connectivity index (χ4n) is 5.51. The van der Waals surface area contributed by atoms with Crippen LogP contribution in [-0.4, -0.2) is 71.1 Å². The second-order valence-corrected chi connectivity index (χ2v) is 9.87. The number of carboxylic acids is 1. The number of aromatic nitrogens is 1. The number of benzene rings is 2. The summed E-state index contributed by atoms with van der Waals surface area (Å²) in [7, 11) is 3.10. The van der Waals surface area contributed by atoms with E-state index in [9.17, 15) is 15.0 Å². The van der Waals surface area contributed by atoms with Crippen molar-refractivity contribution in [3.05, 3.63) is 72.4 Å². The molecule has 0 amide bonds. The summed E-state index contributed by atoms with van der Waals surface area (Å²) in [5.41, 5.74) is 2.59. The Kier molecular flexibility index (Phi) is 9.40. The Morgan fingerprint density at radius 2 is 2.03 bits per heavy atom. The summed E-state index contributed by atoms with van der Waals surface area (Å²) in [4.78, 5) is 17.0. The van der Waals surface area contributed by atoms with Crippen LogP contribution in [0, 0.1) is 11.8 Å². The number of hydrogen-bond donors (Lipinski definition) is 3. The highest BCUT2D eigenvalue weighted by molar-refractivity contribution is 5.84. The van der Waals surface area contributed by atoms with Gasteiger partial charge >= 0.3 is 5.97 Å². The van der Waals surface area contributed by atoms with Gasteiger partial charge in [-0.1, -0.05) is 12.1 Å². The first-order valence-electron chi connectivity index (χ1n) is 13.0. The summed E-state index contributed by atoms with van der Waals surface area (Å²) >= 11 is 0. The lowest BCUT2D eigenvalue weighted by Gasteiger charge is -2.50. The molecular weight excluding hydrogens is 500 g/mol. The van der Waals surface area contributed by atoms with E-state index in [1.54, 1.807) is 25.4 Å². The normalized spacial score (nSPS) is 22.4. The predicted molar refractivity (Wildman–Crippen MR) is 147 cm³/mol. The van der Waals surface area contributed by atoms with Gasteiger partial charge in [-0.15, -0.1) is 6.58 Å². The quantitative estimate of drug-likeness (QED) is 0.346. The van der Waals surface area contributed by atoms with Gasteiger partial charge in [-0.25, -0.2) is 4.79 Å². The maximum atomic E-state index is 11.2. The van der Waals surface area contributed by atoms with Gasteiger partial charge in [0.15, 0.2) is 11.5 Å². The van der Waals surface area contributed by atoms with Gasteiger partial charge in [0, 0.05) is 24.2 Å². The van der Waals surface area contributed by atoms with Crippen LogP contribution in [0.5, 0.6) is 17.2 Å². The number of methoxy groups -OCH3 is 2. The molecule has 3 N–H and O–H groups in total. The number of aliphatic carboxylic acids is 1. The maximum absolute atomic E-state index is 11.2. The number of ether oxygens (including phenoxy) is 3. The molecule has 1 unspecified atom stereocenters. The van der Waals surface area contributed by atoms with Crippen molar-refractivity contribution >= 4 is 16.9 Å². The molecule has 3 aromatic rings. The number of pyridine rings is 1. The zero-order chi connectivity index (χ0) is 27.9. The van der Waals surface area contributed by atoms with Crippen LogP contribution in [0.1, 0.15) is 30.1 Å². The molecule has 2 aromatic carbocycles. The van der Waals surface area contributed by atoms with Crippen LogP contribution >= 0.6 is 0 Å². The third-order valence-corrected chi connectivity index (χ3v) is 7.56. The van der Waals surface area contributed by atoms with E-state index < -0.39 is 12.1 Å². The molecule has 9 heteroatoms. The molecule has 39 heavy (non-hydrogen) atoms. The van der Waals surface area contributed by atoms with Gasteiger partial charge in [0.1, 0.15) is 12.4 Å². The number of aliphatic hydroxyl groups excluding tert-OH is 1. The van der Waals surface area contributed by atoms with E-state index in [1.165, 1.54) is 19.6 Å². The monoisotopic (exact) mass is 536 g/mol. The lowest BCUT2D eigenvalue weighted by Crippen LogP contribution is -2.54. The molecule has 5 atom stereocenters. The number of phenolic OH excluding ortho intramolecular Hbond substituents is 1. The summed E-state index contributed by atoms with van der Waals surface area (Å²) < 4.78 is 15.1. The highest BCUT2D eigenvalue weighted by Gasteiger charge is 2.42. The number of hydrogen-bond acceptors (Lipinski definition) is 8. The third kappa shape index (κ3) is 6.68. The molecule has 3 saturated heterocycles. The minimum absolute atomic E-state index is 0.0412. The van der Waals surface area contributed by atoms with Gasteiger partial charge in [-0.3, -0.25) is 9.88 Å². The van der Waals surface area contributed by atoms with Crippen molar-refractivity contribution in [3.63, 3.8) is 0 Å². The van der Waals surface area contributed by atoms with E-state index >= 15 is 0 Å². The Balaban J connectivity index is 0.000000204. The minimum atomic E-state index is -1.01. The maximum Gasteiger partial charge on any atom is 0.329 e. The average molecular weight is 537 g/mol. The van der Waals surface area contributed by atoms with Crippen molar-refractivity contribution in [1.29, 1.82) is 0 Å². The number of aromatic hydroxyl groups is 1. The number of piperidine rings is 3. The predicted octanol–water partition coefficient (Wildman–Crippen LogP) is 4.18. The van der Waals surface area contributed by atoms with Crippen LogP contribution in [0.3, 0.4) is 0 Å². The number of carbonyl (C=O) groups is 1. The molecule has 208 valence electrons. The van der Waals surface area contributed by atoms with Gasteiger partial charge in [-0.2, -0.15) is 0 Å². The van der Waals surface area contributed by atoms with Crippen LogP contribution in [-0.2, 0) is 16.1 Å². The fourth-order valence-corrected chi connectivity index (χ4v) is 5.51. The molecule has 0 radical (unpaired) electrons. The second kappa shape index (κ2) is 12.9. The van der Waals surface area contributed by atoms with Crippen LogP contribution in [0.2, 0.25) is 0 Å². The van der Waals surface area contributed by atoms with Crippen molar-refractivity contribution in [2.75, 3.05) is 33.9 Å². The van der Waals surface area contributed by atoms with Crippen LogP contribution in [0.4, 0.5) is 0 Å². The fraction of sp³-hybridized carbons (Fsp3) is 0.400. The Bertz CT molecular complexity index is 1300.